The van der Waals surface area contributed by atoms with Gasteiger partial charge in [0.15, 0.2) is 11.6 Å². The van der Waals surface area contributed by atoms with E-state index in [-0.39, 0.29) is 0 Å². The SMILES string of the molecule is CC(C)C1CCNc2cc(F)c(F)cc2N1. The van der Waals surface area contributed by atoms with Crippen LogP contribution >= 0.6 is 0 Å². The minimum absolute atomic E-state index is 0.290. The van der Waals surface area contributed by atoms with E-state index in [0.29, 0.717) is 23.3 Å². The van der Waals surface area contributed by atoms with Crippen LogP contribution in [0.25, 0.3) is 0 Å². The van der Waals surface area contributed by atoms with Crippen LogP contribution in [0.5, 0.6) is 0 Å². The number of halogens is 2. The monoisotopic (exact) mass is 226 g/mol. The van der Waals surface area contributed by atoms with E-state index in [9.17, 15) is 8.78 Å². The van der Waals surface area contributed by atoms with Crippen molar-refractivity contribution >= 4 is 11.4 Å². The van der Waals surface area contributed by atoms with Gasteiger partial charge < -0.3 is 10.6 Å². The number of fused-ring (bicyclic) bond motifs is 1. The molecule has 2 rings (SSSR count). The van der Waals surface area contributed by atoms with Crippen molar-refractivity contribution in [2.75, 3.05) is 17.2 Å². The molecule has 2 nitrogen and oxygen atoms in total. The van der Waals surface area contributed by atoms with E-state index in [1.54, 1.807) is 0 Å². The van der Waals surface area contributed by atoms with E-state index in [4.69, 9.17) is 0 Å². The van der Waals surface area contributed by atoms with Crippen LogP contribution in [0.1, 0.15) is 20.3 Å². The molecule has 0 aliphatic carbocycles. The Morgan fingerprint density at radius 1 is 1.19 bits per heavy atom. The quantitative estimate of drug-likeness (QED) is 0.768. The van der Waals surface area contributed by atoms with Gasteiger partial charge in [-0.05, 0) is 12.3 Å². The third-order valence-electron chi connectivity index (χ3n) is 2.98. The summed E-state index contributed by atoms with van der Waals surface area (Å²) >= 11 is 0. The van der Waals surface area contributed by atoms with Gasteiger partial charge in [0.25, 0.3) is 0 Å². The van der Waals surface area contributed by atoms with Gasteiger partial charge in [0.2, 0.25) is 0 Å². The minimum atomic E-state index is -0.809. The second-order valence-corrected chi connectivity index (χ2v) is 4.52. The van der Waals surface area contributed by atoms with Gasteiger partial charge >= 0.3 is 0 Å². The molecule has 88 valence electrons. The fraction of sp³-hybridized carbons (Fsp3) is 0.500. The second kappa shape index (κ2) is 4.28. The maximum atomic E-state index is 13.1. The summed E-state index contributed by atoms with van der Waals surface area (Å²) in [5, 5.41) is 6.37. The van der Waals surface area contributed by atoms with Crippen molar-refractivity contribution in [1.82, 2.24) is 0 Å². The lowest BCUT2D eigenvalue weighted by atomic mass is 10.0. The van der Waals surface area contributed by atoms with Crippen LogP contribution in [0.15, 0.2) is 12.1 Å². The Bertz CT molecular complexity index is 391. The van der Waals surface area contributed by atoms with Gasteiger partial charge in [-0.1, -0.05) is 13.8 Å². The third kappa shape index (κ3) is 2.10. The summed E-state index contributed by atoms with van der Waals surface area (Å²) in [5.41, 5.74) is 1.29. The van der Waals surface area contributed by atoms with Crippen molar-refractivity contribution in [3.05, 3.63) is 23.8 Å². The van der Waals surface area contributed by atoms with Gasteiger partial charge in [0.05, 0.1) is 11.4 Å². The Balaban J connectivity index is 2.33. The standard InChI is InChI=1S/C12H16F2N2/c1-7(2)10-3-4-15-11-5-8(13)9(14)6-12(11)16-10/h5-7,10,15-16H,3-4H2,1-2H3. The minimum Gasteiger partial charge on any atom is -0.383 e. The molecule has 1 aliphatic heterocycles. The number of hydrogen-bond acceptors (Lipinski definition) is 2. The van der Waals surface area contributed by atoms with E-state index in [1.807, 2.05) is 0 Å². The lowest BCUT2D eigenvalue weighted by Crippen LogP contribution is -2.25. The van der Waals surface area contributed by atoms with E-state index in [0.717, 1.165) is 13.0 Å². The van der Waals surface area contributed by atoms with E-state index < -0.39 is 11.6 Å². The number of benzene rings is 1. The van der Waals surface area contributed by atoms with Gasteiger partial charge in [0.1, 0.15) is 0 Å². The van der Waals surface area contributed by atoms with Crippen LogP contribution in [0, 0.1) is 17.6 Å². The van der Waals surface area contributed by atoms with Crippen molar-refractivity contribution in [3.63, 3.8) is 0 Å². The Hall–Kier alpha value is -1.32. The van der Waals surface area contributed by atoms with Crippen LogP contribution in [0.3, 0.4) is 0 Å². The molecule has 4 heteroatoms. The third-order valence-corrected chi connectivity index (χ3v) is 2.98. The molecular formula is C12H16F2N2. The first-order chi connectivity index (χ1) is 7.58. The molecule has 0 saturated carbocycles. The number of rotatable bonds is 1. The number of nitrogens with one attached hydrogen (secondary N) is 2. The Labute approximate surface area is 94.0 Å². The molecule has 1 heterocycles. The zero-order chi connectivity index (χ0) is 11.7. The van der Waals surface area contributed by atoms with Crippen molar-refractivity contribution in [2.45, 2.75) is 26.3 Å². The Morgan fingerprint density at radius 2 is 1.81 bits per heavy atom. The van der Waals surface area contributed by atoms with Gasteiger partial charge in [-0.25, -0.2) is 8.78 Å². The molecule has 1 aliphatic rings. The summed E-state index contributed by atoms with van der Waals surface area (Å²) in [6.07, 6.45) is 0.940. The van der Waals surface area contributed by atoms with E-state index in [1.165, 1.54) is 12.1 Å². The van der Waals surface area contributed by atoms with E-state index >= 15 is 0 Å². The van der Waals surface area contributed by atoms with Crippen LogP contribution < -0.4 is 10.6 Å². The number of hydrogen-bond donors (Lipinski definition) is 2. The zero-order valence-corrected chi connectivity index (χ0v) is 9.48. The predicted octanol–water partition coefficient (Wildman–Crippen LogP) is 3.22. The molecule has 0 radical (unpaired) electrons. The summed E-state index contributed by atoms with van der Waals surface area (Å²) in [4.78, 5) is 0. The average molecular weight is 226 g/mol. The Morgan fingerprint density at radius 3 is 2.44 bits per heavy atom. The lowest BCUT2D eigenvalue weighted by Gasteiger charge is -2.21. The molecular weight excluding hydrogens is 210 g/mol. The van der Waals surface area contributed by atoms with Crippen LogP contribution in [-0.2, 0) is 0 Å². The van der Waals surface area contributed by atoms with E-state index in [2.05, 4.69) is 24.5 Å². The topological polar surface area (TPSA) is 24.1 Å². The molecule has 1 aromatic rings. The highest BCUT2D eigenvalue weighted by molar-refractivity contribution is 5.70. The molecule has 0 aromatic heterocycles. The highest BCUT2D eigenvalue weighted by atomic mass is 19.2. The Kier molecular flexibility index (Phi) is 2.99. The molecule has 1 aromatic carbocycles. The molecule has 0 fully saturated rings. The molecule has 1 atom stereocenters. The van der Waals surface area contributed by atoms with Gasteiger partial charge in [-0.2, -0.15) is 0 Å². The summed E-state index contributed by atoms with van der Waals surface area (Å²) in [6.45, 7) is 5.00. The molecule has 0 amide bonds. The van der Waals surface area contributed by atoms with Crippen molar-refractivity contribution in [3.8, 4) is 0 Å². The highest BCUT2D eigenvalue weighted by Gasteiger charge is 2.19. The highest BCUT2D eigenvalue weighted by Crippen LogP contribution is 2.29. The summed E-state index contributed by atoms with van der Waals surface area (Å²) < 4.78 is 26.2. The van der Waals surface area contributed by atoms with Gasteiger partial charge in [-0.3, -0.25) is 0 Å². The largest absolute Gasteiger partial charge is 0.383 e. The predicted molar refractivity (Wildman–Crippen MR) is 61.7 cm³/mol. The molecule has 1 unspecified atom stereocenters. The lowest BCUT2D eigenvalue weighted by molar-refractivity contribution is 0.503. The summed E-state index contributed by atoms with van der Waals surface area (Å²) in [6, 6.07) is 2.72. The van der Waals surface area contributed by atoms with Crippen LogP contribution in [0.4, 0.5) is 20.2 Å². The second-order valence-electron chi connectivity index (χ2n) is 4.52. The average Bonchev–Trinajstić information content (AvgIpc) is 2.41. The van der Waals surface area contributed by atoms with Crippen molar-refractivity contribution in [1.29, 1.82) is 0 Å². The van der Waals surface area contributed by atoms with Crippen LogP contribution in [0.2, 0.25) is 0 Å². The summed E-state index contributed by atoms with van der Waals surface area (Å²) in [7, 11) is 0. The van der Waals surface area contributed by atoms with Crippen molar-refractivity contribution < 1.29 is 8.78 Å². The first kappa shape index (κ1) is 11.2. The molecule has 2 N–H and O–H groups in total. The maximum Gasteiger partial charge on any atom is 0.161 e. The smallest absolute Gasteiger partial charge is 0.161 e. The molecule has 0 spiro atoms. The first-order valence-corrected chi connectivity index (χ1v) is 5.57. The van der Waals surface area contributed by atoms with Crippen molar-refractivity contribution in [2.24, 2.45) is 5.92 Å². The molecule has 0 saturated heterocycles. The normalized spacial score (nSPS) is 19.7. The van der Waals surface area contributed by atoms with Gasteiger partial charge in [0, 0.05) is 24.7 Å². The zero-order valence-electron chi connectivity index (χ0n) is 9.48. The fourth-order valence-corrected chi connectivity index (χ4v) is 1.95. The number of anilines is 2. The fourth-order valence-electron chi connectivity index (χ4n) is 1.95. The maximum absolute atomic E-state index is 13.1. The molecule has 16 heavy (non-hydrogen) atoms. The van der Waals surface area contributed by atoms with Crippen LogP contribution in [-0.4, -0.2) is 12.6 Å². The first-order valence-electron chi connectivity index (χ1n) is 5.57. The summed E-state index contributed by atoms with van der Waals surface area (Å²) in [5.74, 6) is -1.16. The molecule has 0 bridgehead atoms. The van der Waals surface area contributed by atoms with Gasteiger partial charge in [-0.15, -0.1) is 0 Å².